The Hall–Kier alpha value is -4.05. The van der Waals surface area contributed by atoms with Gasteiger partial charge in [-0.1, -0.05) is 47.5 Å². The monoisotopic (exact) mass is 577 g/mol. The summed E-state index contributed by atoms with van der Waals surface area (Å²) in [6.07, 6.45) is 5.31. The Kier molecular flexibility index (Phi) is 7.57. The van der Waals surface area contributed by atoms with E-state index in [2.05, 4.69) is 15.3 Å². The van der Waals surface area contributed by atoms with Crippen LogP contribution >= 0.6 is 11.6 Å². The van der Waals surface area contributed by atoms with Crippen molar-refractivity contribution in [2.24, 2.45) is 0 Å². The Labute approximate surface area is 240 Å². The van der Waals surface area contributed by atoms with Crippen molar-refractivity contribution in [3.05, 3.63) is 81.4 Å². The fourth-order valence-corrected chi connectivity index (χ4v) is 6.05. The maximum absolute atomic E-state index is 14.9. The molecule has 0 saturated heterocycles. The molecule has 0 aliphatic carbocycles. The number of carboxylic acids is 1. The lowest BCUT2D eigenvalue weighted by Crippen LogP contribution is -2.37. The molecule has 41 heavy (non-hydrogen) atoms. The number of amides is 1. The van der Waals surface area contributed by atoms with Gasteiger partial charge in [-0.3, -0.25) is 9.59 Å². The Balaban J connectivity index is 1.40. The van der Waals surface area contributed by atoms with Crippen molar-refractivity contribution in [1.29, 1.82) is 0 Å². The van der Waals surface area contributed by atoms with Gasteiger partial charge >= 0.3 is 5.97 Å². The van der Waals surface area contributed by atoms with E-state index >= 15 is 0 Å². The van der Waals surface area contributed by atoms with Crippen LogP contribution in [0.1, 0.15) is 70.8 Å². The summed E-state index contributed by atoms with van der Waals surface area (Å²) >= 11 is 6.87. The van der Waals surface area contributed by atoms with Crippen LogP contribution in [0.3, 0.4) is 0 Å². The van der Waals surface area contributed by atoms with Crippen molar-refractivity contribution >= 4 is 34.5 Å². The number of aliphatic carboxylic acids is 1. The first-order valence-corrected chi connectivity index (χ1v) is 14.2. The first-order valence-electron chi connectivity index (χ1n) is 13.8. The van der Waals surface area contributed by atoms with Crippen molar-refractivity contribution in [2.45, 2.75) is 57.5 Å². The molecule has 7 heterocycles. The Bertz CT molecular complexity index is 1640. The summed E-state index contributed by atoms with van der Waals surface area (Å²) in [6.45, 7) is 1.75. The van der Waals surface area contributed by atoms with E-state index in [0.717, 1.165) is 47.9 Å². The van der Waals surface area contributed by atoms with Crippen LogP contribution in [0, 0.1) is 5.82 Å². The summed E-state index contributed by atoms with van der Waals surface area (Å²) < 4.78 is 22.5. The molecule has 9 rings (SSSR count). The minimum Gasteiger partial charge on any atom is -0.492 e. The van der Waals surface area contributed by atoms with Crippen molar-refractivity contribution < 1.29 is 23.8 Å². The van der Waals surface area contributed by atoms with Gasteiger partial charge in [0.15, 0.2) is 11.5 Å². The zero-order chi connectivity index (χ0) is 28.5. The molecule has 5 aliphatic heterocycles. The van der Waals surface area contributed by atoms with Crippen LogP contribution in [-0.4, -0.2) is 55.0 Å². The predicted octanol–water partition coefficient (Wildman–Crippen LogP) is 5.38. The fraction of sp³-hybridized carbons (Fsp3) is 0.367. The molecule has 9 nitrogen and oxygen atoms in total. The molecule has 0 fully saturated rings. The van der Waals surface area contributed by atoms with E-state index in [-0.39, 0.29) is 18.7 Å². The van der Waals surface area contributed by atoms with Gasteiger partial charge in [0.2, 0.25) is 0 Å². The van der Waals surface area contributed by atoms with Gasteiger partial charge in [-0.25, -0.2) is 14.1 Å². The zero-order valence-electron chi connectivity index (χ0n) is 22.4. The van der Waals surface area contributed by atoms with Crippen LogP contribution < -0.4 is 4.74 Å². The third kappa shape index (κ3) is 5.48. The SMILES string of the molecule is O=C(O)CC1c2ccc3c(c2)CN(CC3)C(=O)c2ncc(cc2F)OCCCCCCn2nnc3c(Cl)c1ccc32. The minimum absolute atomic E-state index is 0.176. The average Bonchev–Trinajstić information content (AvgIpc) is 3.38. The highest BCUT2D eigenvalue weighted by Crippen LogP contribution is 2.38. The van der Waals surface area contributed by atoms with Crippen molar-refractivity contribution in [3.8, 4) is 5.75 Å². The molecule has 4 aromatic rings. The Morgan fingerprint density at radius 3 is 2.78 bits per heavy atom. The van der Waals surface area contributed by atoms with E-state index < -0.39 is 23.6 Å². The van der Waals surface area contributed by atoms with Gasteiger partial charge < -0.3 is 14.7 Å². The maximum Gasteiger partial charge on any atom is 0.304 e. The Morgan fingerprint density at radius 2 is 1.95 bits per heavy atom. The second-order valence-electron chi connectivity index (χ2n) is 10.6. The number of nitrogens with zero attached hydrogens (tertiary/aromatic N) is 5. The highest BCUT2D eigenvalue weighted by molar-refractivity contribution is 6.35. The fourth-order valence-electron chi connectivity index (χ4n) is 5.72. The smallest absolute Gasteiger partial charge is 0.304 e. The van der Waals surface area contributed by atoms with Gasteiger partial charge in [0.25, 0.3) is 5.91 Å². The maximum atomic E-state index is 14.9. The van der Waals surface area contributed by atoms with E-state index in [1.54, 1.807) is 4.90 Å². The van der Waals surface area contributed by atoms with E-state index in [0.29, 0.717) is 48.0 Å². The number of halogens is 2. The highest BCUT2D eigenvalue weighted by atomic mass is 35.5. The molecule has 0 radical (unpaired) electrons. The largest absolute Gasteiger partial charge is 0.492 e. The molecule has 11 heteroatoms. The van der Waals surface area contributed by atoms with E-state index in [4.69, 9.17) is 16.3 Å². The summed E-state index contributed by atoms with van der Waals surface area (Å²) in [5, 5.41) is 18.8. The van der Waals surface area contributed by atoms with Crippen LogP contribution in [-0.2, 0) is 24.3 Å². The molecule has 212 valence electrons. The standard InChI is InChI=1S/C30H29ClFN5O4/c31-27-22-7-8-25-29(27)34-35-37(25)10-3-1-2-4-12-41-21-14-24(32)28(33-16-21)30(40)36-11-9-18-5-6-19(13-20(18)17-36)23(22)15-26(38)39/h5-8,13-14,16,23H,1-4,9-12,15,17H2,(H,38,39). The minimum atomic E-state index is -0.962. The van der Waals surface area contributed by atoms with Crippen LogP contribution in [0.15, 0.2) is 42.6 Å². The summed E-state index contributed by atoms with van der Waals surface area (Å²) in [5.74, 6) is -2.43. The number of aryl methyl sites for hydroxylation is 1. The first-order chi connectivity index (χ1) is 19.9. The van der Waals surface area contributed by atoms with Gasteiger partial charge in [-0.15, -0.1) is 5.10 Å². The summed E-state index contributed by atoms with van der Waals surface area (Å²) in [6, 6.07) is 10.8. The van der Waals surface area contributed by atoms with Gasteiger partial charge in [0.1, 0.15) is 11.3 Å². The van der Waals surface area contributed by atoms with E-state index in [1.165, 1.54) is 12.3 Å². The van der Waals surface area contributed by atoms with Crippen LogP contribution in [0.2, 0.25) is 5.02 Å². The summed E-state index contributed by atoms with van der Waals surface area (Å²) in [7, 11) is 0. The quantitative estimate of drug-likeness (QED) is 0.341. The number of rotatable bonds is 2. The van der Waals surface area contributed by atoms with Crippen molar-refractivity contribution in [3.63, 3.8) is 0 Å². The number of pyridine rings is 1. The van der Waals surface area contributed by atoms with Crippen molar-refractivity contribution in [1.82, 2.24) is 24.9 Å². The summed E-state index contributed by atoms with van der Waals surface area (Å²) in [4.78, 5) is 30.9. The second kappa shape index (κ2) is 11.4. The number of carbonyl (C=O) groups is 2. The molecular formula is C30H29ClFN5O4. The first kappa shape index (κ1) is 27.1. The number of carboxylic acid groups (broad SMARTS) is 1. The topological polar surface area (TPSA) is 110 Å². The Morgan fingerprint density at radius 1 is 1.10 bits per heavy atom. The highest BCUT2D eigenvalue weighted by Gasteiger charge is 2.28. The molecule has 2 aromatic heterocycles. The van der Waals surface area contributed by atoms with Gasteiger partial charge in [0, 0.05) is 31.6 Å². The molecule has 2 aromatic carbocycles. The van der Waals surface area contributed by atoms with E-state index in [9.17, 15) is 19.1 Å². The lowest BCUT2D eigenvalue weighted by Gasteiger charge is -2.30. The lowest BCUT2D eigenvalue weighted by atomic mass is 9.85. The number of hydrogen-bond acceptors (Lipinski definition) is 6. The average molecular weight is 578 g/mol. The molecule has 0 saturated carbocycles. The molecule has 1 amide bonds. The molecule has 9 bridgehead atoms. The van der Waals surface area contributed by atoms with Crippen LogP contribution in [0.5, 0.6) is 5.75 Å². The lowest BCUT2D eigenvalue weighted by molar-refractivity contribution is -0.137. The normalized spacial score (nSPS) is 17.9. The number of ether oxygens (including phenoxy) is 1. The van der Waals surface area contributed by atoms with Gasteiger partial charge in [-0.2, -0.15) is 0 Å². The number of benzene rings is 2. The predicted molar refractivity (Wildman–Crippen MR) is 150 cm³/mol. The van der Waals surface area contributed by atoms with Gasteiger partial charge in [-0.05, 0) is 54.0 Å². The second-order valence-corrected chi connectivity index (χ2v) is 10.9. The third-order valence-electron chi connectivity index (χ3n) is 7.89. The molecule has 5 aliphatic rings. The molecule has 1 N–H and O–H groups in total. The molecule has 1 atom stereocenters. The number of carbonyl (C=O) groups excluding carboxylic acids is 1. The van der Waals surface area contributed by atoms with Crippen LogP contribution in [0.25, 0.3) is 11.0 Å². The van der Waals surface area contributed by atoms with E-state index in [1.807, 2.05) is 35.0 Å². The molecule has 1 unspecified atom stereocenters. The number of hydrogen-bond donors (Lipinski definition) is 1. The van der Waals surface area contributed by atoms with Crippen molar-refractivity contribution in [2.75, 3.05) is 13.2 Å². The molecular weight excluding hydrogens is 549 g/mol. The number of aromatic nitrogens is 4. The van der Waals surface area contributed by atoms with Gasteiger partial charge in [0.05, 0.1) is 29.8 Å². The molecule has 0 spiro atoms. The van der Waals surface area contributed by atoms with Crippen LogP contribution in [0.4, 0.5) is 4.39 Å². The third-order valence-corrected chi connectivity index (χ3v) is 8.29. The zero-order valence-corrected chi connectivity index (χ0v) is 23.1. The summed E-state index contributed by atoms with van der Waals surface area (Å²) in [5.41, 5.74) is 4.44.